The van der Waals surface area contributed by atoms with Crippen LogP contribution >= 0.6 is 0 Å². The summed E-state index contributed by atoms with van der Waals surface area (Å²) in [5.74, 6) is 0.872. The third-order valence-electron chi connectivity index (χ3n) is 5.56. The molecular weight excluding hydrogens is 364 g/mol. The Hall–Kier alpha value is -1.84. The largest absolute Gasteiger partial charge is 0.296 e. The first-order chi connectivity index (χ1) is 13.0. The van der Waals surface area contributed by atoms with E-state index >= 15 is 0 Å². The van der Waals surface area contributed by atoms with Crippen molar-refractivity contribution in [3.05, 3.63) is 35.7 Å². The number of fused-ring (bicyclic) bond motifs is 1. The summed E-state index contributed by atoms with van der Waals surface area (Å²) >= 11 is 0. The van der Waals surface area contributed by atoms with Gasteiger partial charge < -0.3 is 0 Å². The van der Waals surface area contributed by atoms with Crippen molar-refractivity contribution in [3.63, 3.8) is 0 Å². The van der Waals surface area contributed by atoms with Gasteiger partial charge in [0, 0.05) is 49.7 Å². The van der Waals surface area contributed by atoms with Crippen molar-refractivity contribution in [1.82, 2.24) is 29.0 Å². The average Bonchev–Trinajstić information content (AvgIpc) is 3.18. The van der Waals surface area contributed by atoms with Crippen LogP contribution in [-0.4, -0.2) is 57.5 Å². The molecule has 4 heterocycles. The number of rotatable bonds is 4. The topological polar surface area (TPSA) is 84.2 Å². The van der Waals surface area contributed by atoms with Crippen LogP contribution < -0.4 is 0 Å². The first-order valence-electron chi connectivity index (χ1n) is 9.56. The molecule has 0 aliphatic carbocycles. The molecule has 1 atom stereocenters. The second-order valence-electron chi connectivity index (χ2n) is 7.31. The standard InChI is InChI=1S/C18H26N6O2S/c1-3-23-13-15(11-20-23)27(25,26)24-9-7-16-14(12-24)10-19-18(21-16)17-6-4-5-8-22(17)2/h10-11,13,17H,3-9,12H2,1-2H3/t17-/m0/s1. The lowest BCUT2D eigenvalue weighted by molar-refractivity contribution is 0.179. The molecule has 2 aromatic heterocycles. The third-order valence-corrected chi connectivity index (χ3v) is 7.36. The molecule has 0 radical (unpaired) electrons. The summed E-state index contributed by atoms with van der Waals surface area (Å²) in [6.07, 6.45) is 8.94. The summed E-state index contributed by atoms with van der Waals surface area (Å²) in [5, 5.41) is 4.09. The number of piperidine rings is 1. The molecule has 0 N–H and O–H groups in total. The number of likely N-dealkylation sites (tertiary alicyclic amines) is 1. The van der Waals surface area contributed by atoms with Crippen molar-refractivity contribution < 1.29 is 8.42 Å². The molecule has 8 nitrogen and oxygen atoms in total. The van der Waals surface area contributed by atoms with Gasteiger partial charge in [0.15, 0.2) is 0 Å². The molecule has 0 spiro atoms. The van der Waals surface area contributed by atoms with Crippen molar-refractivity contribution in [2.45, 2.75) is 56.6 Å². The fourth-order valence-corrected chi connectivity index (χ4v) is 5.25. The van der Waals surface area contributed by atoms with E-state index in [2.05, 4.69) is 22.0 Å². The van der Waals surface area contributed by atoms with Gasteiger partial charge in [-0.3, -0.25) is 9.58 Å². The number of sulfonamides is 1. The van der Waals surface area contributed by atoms with Gasteiger partial charge in [-0.25, -0.2) is 18.4 Å². The zero-order valence-electron chi connectivity index (χ0n) is 15.9. The minimum Gasteiger partial charge on any atom is -0.296 e. The van der Waals surface area contributed by atoms with Crippen LogP contribution in [0.2, 0.25) is 0 Å². The molecule has 27 heavy (non-hydrogen) atoms. The molecule has 0 amide bonds. The number of aromatic nitrogens is 4. The molecule has 2 aliphatic rings. The maximum Gasteiger partial charge on any atom is 0.246 e. The smallest absolute Gasteiger partial charge is 0.246 e. The molecule has 2 aliphatic heterocycles. The molecule has 0 bridgehead atoms. The van der Waals surface area contributed by atoms with Gasteiger partial charge >= 0.3 is 0 Å². The highest BCUT2D eigenvalue weighted by Crippen LogP contribution is 2.29. The fourth-order valence-electron chi connectivity index (χ4n) is 3.87. The van der Waals surface area contributed by atoms with Crippen molar-refractivity contribution in [3.8, 4) is 0 Å². The second kappa shape index (κ2) is 7.29. The van der Waals surface area contributed by atoms with E-state index in [9.17, 15) is 8.42 Å². The van der Waals surface area contributed by atoms with Gasteiger partial charge in [-0.1, -0.05) is 6.42 Å². The number of aryl methyl sites for hydroxylation is 1. The van der Waals surface area contributed by atoms with Gasteiger partial charge in [-0.15, -0.1) is 0 Å². The van der Waals surface area contributed by atoms with Crippen LogP contribution in [0.4, 0.5) is 0 Å². The van der Waals surface area contributed by atoms with Crippen LogP contribution in [-0.2, 0) is 29.5 Å². The van der Waals surface area contributed by atoms with Gasteiger partial charge in [0.25, 0.3) is 0 Å². The molecule has 1 saturated heterocycles. The molecule has 9 heteroatoms. The Morgan fingerprint density at radius 3 is 2.81 bits per heavy atom. The van der Waals surface area contributed by atoms with E-state index in [-0.39, 0.29) is 10.9 Å². The Morgan fingerprint density at radius 1 is 1.22 bits per heavy atom. The van der Waals surface area contributed by atoms with E-state index in [1.165, 1.54) is 23.3 Å². The van der Waals surface area contributed by atoms with E-state index in [4.69, 9.17) is 4.98 Å². The molecule has 4 rings (SSSR count). The van der Waals surface area contributed by atoms with E-state index in [0.717, 1.165) is 30.0 Å². The van der Waals surface area contributed by atoms with Crippen molar-refractivity contribution in [2.24, 2.45) is 0 Å². The molecule has 0 unspecified atom stereocenters. The molecule has 146 valence electrons. The van der Waals surface area contributed by atoms with Crippen LogP contribution in [0, 0.1) is 0 Å². The summed E-state index contributed by atoms with van der Waals surface area (Å²) in [7, 11) is -1.42. The minimum atomic E-state index is -3.55. The maximum absolute atomic E-state index is 12.9. The number of nitrogens with zero attached hydrogens (tertiary/aromatic N) is 6. The summed E-state index contributed by atoms with van der Waals surface area (Å²) in [4.78, 5) is 11.9. The molecule has 1 fully saturated rings. The van der Waals surface area contributed by atoms with Crippen molar-refractivity contribution >= 4 is 10.0 Å². The van der Waals surface area contributed by atoms with Crippen molar-refractivity contribution in [1.29, 1.82) is 0 Å². The van der Waals surface area contributed by atoms with Gasteiger partial charge in [0.05, 0.1) is 12.2 Å². The monoisotopic (exact) mass is 390 g/mol. The van der Waals surface area contributed by atoms with Crippen LogP contribution in [0.1, 0.15) is 49.3 Å². The lowest BCUT2D eigenvalue weighted by atomic mass is 10.0. The van der Waals surface area contributed by atoms with Crippen LogP contribution in [0.3, 0.4) is 0 Å². The Balaban J connectivity index is 1.55. The highest BCUT2D eigenvalue weighted by molar-refractivity contribution is 7.89. The Kier molecular flexibility index (Phi) is 5.00. The normalized spacial score (nSPS) is 21.9. The Morgan fingerprint density at radius 2 is 2.07 bits per heavy atom. The Labute approximate surface area is 160 Å². The van der Waals surface area contributed by atoms with E-state index in [1.54, 1.807) is 10.9 Å². The average molecular weight is 391 g/mol. The summed E-state index contributed by atoms with van der Waals surface area (Å²) in [6.45, 7) is 4.39. The van der Waals surface area contributed by atoms with Gasteiger partial charge in [0.1, 0.15) is 10.7 Å². The second-order valence-corrected chi connectivity index (χ2v) is 9.25. The first kappa shape index (κ1) is 18.5. The van der Waals surface area contributed by atoms with Crippen molar-refractivity contribution in [2.75, 3.05) is 20.1 Å². The lowest BCUT2D eigenvalue weighted by Crippen LogP contribution is -2.37. The highest BCUT2D eigenvalue weighted by atomic mass is 32.2. The first-order valence-corrected chi connectivity index (χ1v) is 11.0. The maximum atomic E-state index is 12.9. The van der Waals surface area contributed by atoms with E-state index in [0.29, 0.717) is 26.1 Å². The summed E-state index contributed by atoms with van der Waals surface area (Å²) < 4.78 is 28.9. The van der Waals surface area contributed by atoms with Crippen LogP contribution in [0.15, 0.2) is 23.5 Å². The summed E-state index contributed by atoms with van der Waals surface area (Å²) in [6, 6.07) is 0.269. The zero-order chi connectivity index (χ0) is 19.0. The zero-order valence-corrected chi connectivity index (χ0v) is 16.7. The highest BCUT2D eigenvalue weighted by Gasteiger charge is 2.31. The van der Waals surface area contributed by atoms with Gasteiger partial charge in [0.2, 0.25) is 10.0 Å². The molecular formula is C18H26N6O2S. The molecule has 0 saturated carbocycles. The quantitative estimate of drug-likeness (QED) is 0.788. The molecule has 2 aromatic rings. The third kappa shape index (κ3) is 3.51. The predicted molar refractivity (Wildman–Crippen MR) is 100 cm³/mol. The Bertz CT molecular complexity index is 926. The van der Waals surface area contributed by atoms with Gasteiger partial charge in [-0.05, 0) is 33.4 Å². The lowest BCUT2D eigenvalue weighted by Gasteiger charge is -2.32. The fraction of sp³-hybridized carbons (Fsp3) is 0.611. The molecule has 0 aromatic carbocycles. The van der Waals surface area contributed by atoms with E-state index in [1.807, 2.05) is 13.1 Å². The van der Waals surface area contributed by atoms with Gasteiger partial charge in [-0.2, -0.15) is 9.40 Å². The minimum absolute atomic E-state index is 0.245. The SMILES string of the molecule is CCn1cc(S(=O)(=O)N2CCc3nc([C@@H]4CCCCN4C)ncc3C2)cn1. The van der Waals surface area contributed by atoms with Crippen LogP contribution in [0.5, 0.6) is 0 Å². The summed E-state index contributed by atoms with van der Waals surface area (Å²) in [5.41, 5.74) is 1.88. The van der Waals surface area contributed by atoms with Crippen LogP contribution in [0.25, 0.3) is 0 Å². The number of hydrogen-bond acceptors (Lipinski definition) is 6. The van der Waals surface area contributed by atoms with E-state index < -0.39 is 10.0 Å². The number of hydrogen-bond donors (Lipinski definition) is 0. The predicted octanol–water partition coefficient (Wildman–Crippen LogP) is 1.60.